The molecule has 1 aromatic heterocycles. The highest BCUT2D eigenvalue weighted by atomic mass is 32.1. The third kappa shape index (κ3) is 5.40. The van der Waals surface area contributed by atoms with Crippen LogP contribution >= 0.6 is 11.3 Å². The van der Waals surface area contributed by atoms with Crippen LogP contribution in [-0.2, 0) is 4.79 Å². The molecule has 1 unspecified atom stereocenters. The molecule has 0 saturated heterocycles. The van der Waals surface area contributed by atoms with Gasteiger partial charge in [0.1, 0.15) is 0 Å². The van der Waals surface area contributed by atoms with Crippen LogP contribution in [0.5, 0.6) is 0 Å². The molecule has 2 N–H and O–H groups in total. The summed E-state index contributed by atoms with van der Waals surface area (Å²) in [6, 6.07) is 0.241. The number of hydrogen-bond donors (Lipinski definition) is 2. The van der Waals surface area contributed by atoms with Crippen molar-refractivity contribution in [3.63, 3.8) is 0 Å². The van der Waals surface area contributed by atoms with E-state index in [1.54, 1.807) is 0 Å². The number of nitrogens with zero attached hydrogens (tertiary/aromatic N) is 1. The van der Waals surface area contributed by atoms with E-state index in [9.17, 15) is 4.79 Å². The third-order valence-electron chi connectivity index (χ3n) is 4.11. The summed E-state index contributed by atoms with van der Waals surface area (Å²) in [5, 5.41) is 9.14. The molecule has 1 aliphatic carbocycles. The zero-order valence-electron chi connectivity index (χ0n) is 13.2. The van der Waals surface area contributed by atoms with Gasteiger partial charge in [-0.15, -0.1) is 11.3 Å². The Kier molecular flexibility index (Phi) is 6.64. The van der Waals surface area contributed by atoms with Gasteiger partial charge in [-0.2, -0.15) is 0 Å². The lowest BCUT2D eigenvalue weighted by molar-refractivity contribution is -0.117. The second kappa shape index (κ2) is 8.49. The van der Waals surface area contributed by atoms with E-state index >= 15 is 0 Å². The van der Waals surface area contributed by atoms with E-state index in [-0.39, 0.29) is 11.9 Å². The average molecular weight is 309 g/mol. The van der Waals surface area contributed by atoms with Crippen molar-refractivity contribution in [3.05, 3.63) is 11.1 Å². The first-order chi connectivity index (χ1) is 10.2. The molecule has 2 rings (SSSR count). The fourth-order valence-electron chi connectivity index (χ4n) is 2.83. The highest BCUT2D eigenvalue weighted by Crippen LogP contribution is 2.27. The molecule has 0 bridgehead atoms. The molecule has 1 saturated carbocycles. The van der Waals surface area contributed by atoms with Crippen LogP contribution in [0.3, 0.4) is 0 Å². The highest BCUT2D eigenvalue weighted by Gasteiger charge is 2.18. The number of carbonyl (C=O) groups excluding carboxylic acids is 1. The first-order valence-electron chi connectivity index (χ1n) is 8.17. The number of nitrogens with one attached hydrogen (secondary N) is 2. The molecule has 0 spiro atoms. The van der Waals surface area contributed by atoms with Gasteiger partial charge >= 0.3 is 0 Å². The summed E-state index contributed by atoms with van der Waals surface area (Å²) in [5.41, 5.74) is 1.02. The quantitative estimate of drug-likeness (QED) is 0.797. The Bertz CT molecular complexity index is 440. The van der Waals surface area contributed by atoms with Gasteiger partial charge in [0.2, 0.25) is 5.91 Å². The number of thiazole rings is 1. The minimum Gasteiger partial charge on any atom is -0.309 e. The van der Waals surface area contributed by atoms with Crippen molar-refractivity contribution in [2.75, 3.05) is 11.9 Å². The molecule has 1 aromatic rings. The normalized spacial score (nSPS) is 17.6. The standard InChI is InChI=1S/C16H27N3OS/c1-3-9-17-12(2)14-11-21-16(18-14)19-15(20)10-13-7-5-4-6-8-13/h11-13,17H,3-10H2,1-2H3,(H,18,19,20). The Morgan fingerprint density at radius 3 is 2.90 bits per heavy atom. The molecule has 1 amide bonds. The molecule has 4 nitrogen and oxygen atoms in total. The zero-order chi connectivity index (χ0) is 15.1. The summed E-state index contributed by atoms with van der Waals surface area (Å²) in [7, 11) is 0. The van der Waals surface area contributed by atoms with Crippen molar-refractivity contribution in [1.82, 2.24) is 10.3 Å². The molecule has 1 atom stereocenters. The van der Waals surface area contributed by atoms with Crippen LogP contribution in [0.2, 0.25) is 0 Å². The molecule has 118 valence electrons. The SMILES string of the molecule is CCCNC(C)c1csc(NC(=O)CC2CCCCC2)n1. The molecule has 1 fully saturated rings. The molecule has 0 aliphatic heterocycles. The molecule has 1 heterocycles. The summed E-state index contributed by atoms with van der Waals surface area (Å²) in [4.78, 5) is 16.6. The van der Waals surface area contributed by atoms with Gasteiger partial charge in [-0.3, -0.25) is 4.79 Å². The van der Waals surface area contributed by atoms with Gasteiger partial charge in [0, 0.05) is 17.8 Å². The van der Waals surface area contributed by atoms with Crippen molar-refractivity contribution in [1.29, 1.82) is 0 Å². The van der Waals surface area contributed by atoms with Crippen LogP contribution < -0.4 is 10.6 Å². The van der Waals surface area contributed by atoms with E-state index < -0.39 is 0 Å². The largest absolute Gasteiger partial charge is 0.309 e. The monoisotopic (exact) mass is 309 g/mol. The molecule has 0 radical (unpaired) electrons. The Balaban J connectivity index is 1.79. The van der Waals surface area contributed by atoms with Gasteiger partial charge in [0.15, 0.2) is 5.13 Å². The van der Waals surface area contributed by atoms with Crippen molar-refractivity contribution in [2.45, 2.75) is 64.8 Å². The van der Waals surface area contributed by atoms with Crippen molar-refractivity contribution in [2.24, 2.45) is 5.92 Å². The van der Waals surface area contributed by atoms with Gasteiger partial charge in [-0.1, -0.05) is 26.2 Å². The smallest absolute Gasteiger partial charge is 0.226 e. The van der Waals surface area contributed by atoms with Gasteiger partial charge in [-0.25, -0.2) is 4.98 Å². The second-order valence-corrected chi connectivity index (χ2v) is 6.87. The summed E-state index contributed by atoms with van der Waals surface area (Å²) in [6.45, 7) is 5.25. The molecular formula is C16H27N3OS. The number of rotatable bonds is 7. The molecule has 21 heavy (non-hydrogen) atoms. The van der Waals surface area contributed by atoms with Crippen LogP contribution in [0.15, 0.2) is 5.38 Å². The predicted molar refractivity (Wildman–Crippen MR) is 88.6 cm³/mol. The molecular weight excluding hydrogens is 282 g/mol. The summed E-state index contributed by atoms with van der Waals surface area (Å²) >= 11 is 1.52. The van der Waals surface area contributed by atoms with Crippen molar-refractivity contribution >= 4 is 22.4 Å². The highest BCUT2D eigenvalue weighted by molar-refractivity contribution is 7.13. The number of carbonyl (C=O) groups is 1. The van der Waals surface area contributed by atoms with E-state index in [1.165, 1.54) is 43.4 Å². The van der Waals surface area contributed by atoms with Gasteiger partial charge in [0.05, 0.1) is 5.69 Å². The van der Waals surface area contributed by atoms with Crippen LogP contribution in [0, 0.1) is 5.92 Å². The first kappa shape index (κ1) is 16.4. The van der Waals surface area contributed by atoms with Gasteiger partial charge < -0.3 is 10.6 Å². The van der Waals surface area contributed by atoms with E-state index in [0.29, 0.717) is 12.3 Å². The van der Waals surface area contributed by atoms with E-state index in [2.05, 4.69) is 29.5 Å². The Hall–Kier alpha value is -0.940. The fourth-order valence-corrected chi connectivity index (χ4v) is 3.65. The minimum atomic E-state index is 0.122. The minimum absolute atomic E-state index is 0.122. The maximum Gasteiger partial charge on any atom is 0.226 e. The first-order valence-corrected chi connectivity index (χ1v) is 9.05. The zero-order valence-corrected chi connectivity index (χ0v) is 14.0. The average Bonchev–Trinajstić information content (AvgIpc) is 2.94. The Morgan fingerprint density at radius 1 is 1.43 bits per heavy atom. The van der Waals surface area contributed by atoms with E-state index in [1.807, 2.05) is 5.38 Å². The van der Waals surface area contributed by atoms with E-state index in [0.717, 1.165) is 23.8 Å². The Morgan fingerprint density at radius 2 is 2.19 bits per heavy atom. The van der Waals surface area contributed by atoms with Gasteiger partial charge in [-0.05, 0) is 38.6 Å². The third-order valence-corrected chi connectivity index (χ3v) is 4.89. The Labute approximate surface area is 131 Å². The van der Waals surface area contributed by atoms with Crippen LogP contribution in [0.25, 0.3) is 0 Å². The predicted octanol–water partition coefficient (Wildman–Crippen LogP) is 4.11. The summed E-state index contributed by atoms with van der Waals surface area (Å²) in [6.07, 6.45) is 8.05. The topological polar surface area (TPSA) is 54.0 Å². The fraction of sp³-hybridized carbons (Fsp3) is 0.750. The maximum absolute atomic E-state index is 12.1. The number of aromatic nitrogens is 1. The lowest BCUT2D eigenvalue weighted by Gasteiger charge is -2.20. The summed E-state index contributed by atoms with van der Waals surface area (Å²) in [5.74, 6) is 0.695. The van der Waals surface area contributed by atoms with Gasteiger partial charge in [0.25, 0.3) is 0 Å². The van der Waals surface area contributed by atoms with E-state index in [4.69, 9.17) is 0 Å². The van der Waals surface area contributed by atoms with Crippen LogP contribution in [0.1, 0.15) is 70.5 Å². The second-order valence-electron chi connectivity index (χ2n) is 6.01. The number of amides is 1. The number of hydrogen-bond acceptors (Lipinski definition) is 4. The maximum atomic E-state index is 12.1. The summed E-state index contributed by atoms with van der Waals surface area (Å²) < 4.78 is 0. The number of anilines is 1. The van der Waals surface area contributed by atoms with Crippen LogP contribution in [0.4, 0.5) is 5.13 Å². The molecule has 1 aliphatic rings. The molecule has 5 heteroatoms. The van der Waals surface area contributed by atoms with Crippen molar-refractivity contribution in [3.8, 4) is 0 Å². The van der Waals surface area contributed by atoms with Crippen molar-refractivity contribution < 1.29 is 4.79 Å². The lowest BCUT2D eigenvalue weighted by Crippen LogP contribution is -2.20. The van der Waals surface area contributed by atoms with Crippen LogP contribution in [-0.4, -0.2) is 17.4 Å². The molecule has 0 aromatic carbocycles. The lowest BCUT2D eigenvalue weighted by atomic mass is 9.87.